The number of ketones is 1. The van der Waals surface area contributed by atoms with Crippen molar-refractivity contribution in [2.75, 3.05) is 19.7 Å². The highest BCUT2D eigenvalue weighted by molar-refractivity contribution is 5.96. The number of hydrogen-bond acceptors (Lipinski definition) is 3. The van der Waals surface area contributed by atoms with E-state index < -0.39 is 11.7 Å². The lowest BCUT2D eigenvalue weighted by atomic mass is 10.1. The van der Waals surface area contributed by atoms with Crippen LogP contribution < -0.4 is 5.32 Å². The normalized spacial score (nSPS) is 16.9. The monoisotopic (exact) mass is 301 g/mol. The van der Waals surface area contributed by atoms with Crippen LogP contribution in [-0.2, 0) is 10.9 Å². The third-order valence-corrected chi connectivity index (χ3v) is 3.50. The summed E-state index contributed by atoms with van der Waals surface area (Å²) in [4.78, 5) is 11.9. The first kappa shape index (κ1) is 16.0. The van der Waals surface area contributed by atoms with E-state index in [-0.39, 0.29) is 23.9 Å². The van der Waals surface area contributed by atoms with Gasteiger partial charge in [-0.25, -0.2) is 0 Å². The van der Waals surface area contributed by atoms with Gasteiger partial charge in [0.25, 0.3) is 0 Å². The van der Waals surface area contributed by atoms with E-state index >= 15 is 0 Å². The third-order valence-electron chi connectivity index (χ3n) is 3.50. The van der Waals surface area contributed by atoms with Crippen molar-refractivity contribution in [3.63, 3.8) is 0 Å². The van der Waals surface area contributed by atoms with Gasteiger partial charge in [0, 0.05) is 12.0 Å². The van der Waals surface area contributed by atoms with E-state index in [0.29, 0.717) is 6.61 Å². The number of nitrogens with one attached hydrogen (secondary N) is 1. The number of alkyl halides is 3. The lowest BCUT2D eigenvalue weighted by Gasteiger charge is -2.22. The molecule has 0 unspecified atom stereocenters. The maximum Gasteiger partial charge on any atom is 0.416 e. The zero-order chi connectivity index (χ0) is 15.3. The number of piperidine rings is 1. The van der Waals surface area contributed by atoms with Gasteiger partial charge >= 0.3 is 6.18 Å². The molecule has 0 amide bonds. The Morgan fingerprint density at radius 2 is 1.81 bits per heavy atom. The van der Waals surface area contributed by atoms with Crippen LogP contribution >= 0.6 is 0 Å². The van der Waals surface area contributed by atoms with Crippen molar-refractivity contribution in [3.8, 4) is 0 Å². The van der Waals surface area contributed by atoms with Crippen LogP contribution in [-0.4, -0.2) is 31.6 Å². The van der Waals surface area contributed by atoms with E-state index in [9.17, 15) is 18.0 Å². The summed E-state index contributed by atoms with van der Waals surface area (Å²) in [6.45, 7) is 2.14. The summed E-state index contributed by atoms with van der Waals surface area (Å²) in [7, 11) is 0. The van der Waals surface area contributed by atoms with Crippen LogP contribution in [0.5, 0.6) is 0 Å². The highest BCUT2D eigenvalue weighted by Gasteiger charge is 2.30. The van der Waals surface area contributed by atoms with Gasteiger partial charge < -0.3 is 10.1 Å². The van der Waals surface area contributed by atoms with Gasteiger partial charge in [0.1, 0.15) is 0 Å². The van der Waals surface area contributed by atoms with Gasteiger partial charge in [0.05, 0.1) is 18.3 Å². The second-order valence-electron chi connectivity index (χ2n) is 5.07. The lowest BCUT2D eigenvalue weighted by molar-refractivity contribution is -0.137. The van der Waals surface area contributed by atoms with E-state index in [1.807, 2.05) is 0 Å². The van der Waals surface area contributed by atoms with Gasteiger partial charge in [-0.2, -0.15) is 13.2 Å². The molecule has 1 heterocycles. The standard InChI is InChI=1S/C15H18F3NO2/c16-15(17,18)12-3-1-11(2-4-12)14(20)7-10-21-13-5-8-19-9-6-13/h1-4,13,19H,5-10H2. The Morgan fingerprint density at radius 3 is 2.38 bits per heavy atom. The minimum Gasteiger partial charge on any atom is -0.378 e. The summed E-state index contributed by atoms with van der Waals surface area (Å²) in [5.41, 5.74) is -0.457. The van der Waals surface area contributed by atoms with Gasteiger partial charge in [0.15, 0.2) is 5.78 Å². The number of rotatable bonds is 5. The Balaban J connectivity index is 1.80. The average Bonchev–Trinajstić information content (AvgIpc) is 2.47. The van der Waals surface area contributed by atoms with E-state index in [1.54, 1.807) is 0 Å². The molecule has 3 nitrogen and oxygen atoms in total. The fourth-order valence-corrected chi connectivity index (χ4v) is 2.27. The molecule has 0 bridgehead atoms. The van der Waals surface area contributed by atoms with Gasteiger partial charge in [0.2, 0.25) is 0 Å². The molecule has 2 rings (SSSR count). The number of carbonyl (C=O) groups is 1. The van der Waals surface area contributed by atoms with Gasteiger partial charge in [-0.3, -0.25) is 4.79 Å². The summed E-state index contributed by atoms with van der Waals surface area (Å²) in [5, 5.41) is 3.22. The predicted molar refractivity (Wildman–Crippen MR) is 72.2 cm³/mol. The van der Waals surface area contributed by atoms with E-state index in [1.165, 1.54) is 12.1 Å². The second-order valence-corrected chi connectivity index (χ2v) is 5.07. The van der Waals surface area contributed by atoms with Crippen molar-refractivity contribution >= 4 is 5.78 Å². The molecule has 0 radical (unpaired) electrons. The molecule has 1 N–H and O–H groups in total. The molecule has 1 aromatic carbocycles. The number of benzene rings is 1. The number of halogens is 3. The quantitative estimate of drug-likeness (QED) is 0.850. The van der Waals surface area contributed by atoms with Crippen molar-refractivity contribution in [1.29, 1.82) is 0 Å². The Kier molecular flexibility index (Phi) is 5.36. The smallest absolute Gasteiger partial charge is 0.378 e. The first-order valence-corrected chi connectivity index (χ1v) is 6.99. The van der Waals surface area contributed by atoms with Crippen LogP contribution in [0, 0.1) is 0 Å². The zero-order valence-corrected chi connectivity index (χ0v) is 11.6. The topological polar surface area (TPSA) is 38.3 Å². The predicted octanol–water partition coefficient (Wildman–Crippen LogP) is 3.05. The maximum absolute atomic E-state index is 12.4. The molecule has 1 aliphatic rings. The summed E-state index contributed by atoms with van der Waals surface area (Å²) in [5.74, 6) is -0.197. The highest BCUT2D eigenvalue weighted by Crippen LogP contribution is 2.29. The van der Waals surface area contributed by atoms with Crippen molar-refractivity contribution in [2.45, 2.75) is 31.5 Å². The zero-order valence-electron chi connectivity index (χ0n) is 11.6. The Labute approximate surface area is 121 Å². The third kappa shape index (κ3) is 4.82. The molecule has 21 heavy (non-hydrogen) atoms. The van der Waals surface area contributed by atoms with Crippen LogP contribution in [0.15, 0.2) is 24.3 Å². The molecule has 116 valence electrons. The van der Waals surface area contributed by atoms with E-state index in [0.717, 1.165) is 38.1 Å². The van der Waals surface area contributed by atoms with Gasteiger partial charge in [-0.1, -0.05) is 12.1 Å². The number of Topliss-reactive ketones (excluding diaryl/α,β-unsaturated/α-hetero) is 1. The molecule has 6 heteroatoms. The summed E-state index contributed by atoms with van der Waals surface area (Å²) < 4.78 is 42.9. The Hall–Kier alpha value is -1.40. The minimum absolute atomic E-state index is 0.173. The molecule has 0 spiro atoms. The molecule has 1 aromatic rings. The van der Waals surface area contributed by atoms with Crippen molar-refractivity contribution in [3.05, 3.63) is 35.4 Å². The number of ether oxygens (including phenoxy) is 1. The minimum atomic E-state index is -4.38. The molecule has 0 aliphatic carbocycles. The van der Waals surface area contributed by atoms with Crippen molar-refractivity contribution < 1.29 is 22.7 Å². The van der Waals surface area contributed by atoms with Gasteiger partial charge in [-0.15, -0.1) is 0 Å². The molecular weight excluding hydrogens is 283 g/mol. The maximum atomic E-state index is 12.4. The fourth-order valence-electron chi connectivity index (χ4n) is 2.27. The molecule has 0 atom stereocenters. The summed E-state index contributed by atoms with van der Waals surface area (Å²) in [6, 6.07) is 4.30. The van der Waals surface area contributed by atoms with Crippen molar-refractivity contribution in [1.82, 2.24) is 5.32 Å². The fraction of sp³-hybridized carbons (Fsp3) is 0.533. The van der Waals surface area contributed by atoms with E-state index in [2.05, 4.69) is 5.32 Å². The van der Waals surface area contributed by atoms with Crippen LogP contribution in [0.3, 0.4) is 0 Å². The Morgan fingerprint density at radius 1 is 1.19 bits per heavy atom. The largest absolute Gasteiger partial charge is 0.416 e. The molecule has 1 saturated heterocycles. The van der Waals surface area contributed by atoms with Crippen LogP contribution in [0.1, 0.15) is 35.2 Å². The first-order valence-electron chi connectivity index (χ1n) is 6.99. The SMILES string of the molecule is O=C(CCOC1CCNCC1)c1ccc(C(F)(F)F)cc1. The van der Waals surface area contributed by atoms with Crippen LogP contribution in [0.25, 0.3) is 0 Å². The van der Waals surface area contributed by atoms with E-state index in [4.69, 9.17) is 4.74 Å². The average molecular weight is 301 g/mol. The number of carbonyl (C=O) groups excluding carboxylic acids is 1. The highest BCUT2D eigenvalue weighted by atomic mass is 19.4. The molecule has 0 aromatic heterocycles. The van der Waals surface area contributed by atoms with Crippen molar-refractivity contribution in [2.24, 2.45) is 0 Å². The summed E-state index contributed by atoms with van der Waals surface area (Å²) in [6.07, 6.45) is -2.16. The van der Waals surface area contributed by atoms with Gasteiger partial charge in [-0.05, 0) is 38.1 Å². The Bertz CT molecular complexity index is 465. The van der Waals surface area contributed by atoms with Crippen LogP contribution in [0.4, 0.5) is 13.2 Å². The molecule has 0 saturated carbocycles. The number of hydrogen-bond donors (Lipinski definition) is 1. The molecular formula is C15H18F3NO2. The lowest BCUT2D eigenvalue weighted by Crippen LogP contribution is -2.32. The second kappa shape index (κ2) is 7.04. The molecule has 1 fully saturated rings. The molecule has 1 aliphatic heterocycles. The van der Waals surface area contributed by atoms with Crippen LogP contribution in [0.2, 0.25) is 0 Å². The first-order chi connectivity index (χ1) is 9.97. The summed E-state index contributed by atoms with van der Waals surface area (Å²) >= 11 is 0.